The summed E-state index contributed by atoms with van der Waals surface area (Å²) in [5.74, 6) is -2.76. The molecule has 0 aliphatic carbocycles. The number of rotatable bonds is 5. The zero-order valence-electron chi connectivity index (χ0n) is 9.55. The van der Waals surface area contributed by atoms with Gasteiger partial charge in [0.15, 0.2) is 0 Å². The van der Waals surface area contributed by atoms with E-state index in [2.05, 4.69) is 6.92 Å². The number of aliphatic hydroxyl groups excluding tert-OH is 1. The first kappa shape index (κ1) is 17.6. The lowest BCUT2D eigenvalue weighted by molar-refractivity contribution is -0.192. The molecule has 0 saturated carbocycles. The molecule has 0 aromatic heterocycles. The van der Waals surface area contributed by atoms with Gasteiger partial charge in [-0.05, 0) is 13.3 Å². The molecule has 0 bridgehead atoms. The molecule has 6 heteroatoms. The number of carboxylic acids is 1. The van der Waals surface area contributed by atoms with E-state index in [9.17, 15) is 13.2 Å². The van der Waals surface area contributed by atoms with Crippen LogP contribution in [0.4, 0.5) is 13.2 Å². The average molecular weight is 244 g/mol. The Morgan fingerprint density at radius 2 is 1.69 bits per heavy atom. The molecule has 2 N–H and O–H groups in total. The van der Waals surface area contributed by atoms with Gasteiger partial charge >= 0.3 is 12.1 Å². The highest BCUT2D eigenvalue weighted by atomic mass is 19.4. The molecule has 0 aliphatic rings. The highest BCUT2D eigenvalue weighted by molar-refractivity contribution is 5.73. The Morgan fingerprint density at radius 1 is 1.25 bits per heavy atom. The lowest BCUT2D eigenvalue weighted by atomic mass is 10.1. The summed E-state index contributed by atoms with van der Waals surface area (Å²) >= 11 is 0. The summed E-state index contributed by atoms with van der Waals surface area (Å²) in [4.78, 5) is 8.90. The Hall–Kier alpha value is -0.780. The molecule has 0 spiro atoms. The monoisotopic (exact) mass is 244 g/mol. The standard InChI is InChI=1S/C8H18O.C2HF3O2/c1-3-4-5-6-7-8(2)9;3-2(4,5)1(6)7/h8-9H,3-7H2,1-2H3;(H,6,7). The van der Waals surface area contributed by atoms with Crippen molar-refractivity contribution in [1.82, 2.24) is 0 Å². The van der Waals surface area contributed by atoms with E-state index in [1.165, 1.54) is 25.7 Å². The summed E-state index contributed by atoms with van der Waals surface area (Å²) in [6, 6.07) is 0. The predicted molar refractivity (Wildman–Crippen MR) is 54.1 cm³/mol. The summed E-state index contributed by atoms with van der Waals surface area (Å²) in [5.41, 5.74) is 0. The van der Waals surface area contributed by atoms with Gasteiger partial charge in [-0.2, -0.15) is 13.2 Å². The van der Waals surface area contributed by atoms with Crippen LogP contribution in [-0.2, 0) is 4.79 Å². The lowest BCUT2D eigenvalue weighted by Crippen LogP contribution is -2.21. The van der Waals surface area contributed by atoms with E-state index in [1.807, 2.05) is 6.92 Å². The first-order valence-corrected chi connectivity index (χ1v) is 5.20. The minimum Gasteiger partial charge on any atom is -0.475 e. The van der Waals surface area contributed by atoms with Gasteiger partial charge in [0.2, 0.25) is 0 Å². The molecule has 0 radical (unpaired) electrons. The highest BCUT2D eigenvalue weighted by Crippen LogP contribution is 2.13. The molecule has 0 amide bonds. The number of hydrogen-bond acceptors (Lipinski definition) is 2. The van der Waals surface area contributed by atoms with Crippen LogP contribution in [0.2, 0.25) is 0 Å². The molecule has 0 rings (SSSR count). The molecular formula is C10H19F3O3. The van der Waals surface area contributed by atoms with Crippen LogP contribution in [-0.4, -0.2) is 28.5 Å². The van der Waals surface area contributed by atoms with Crippen LogP contribution in [0.5, 0.6) is 0 Å². The van der Waals surface area contributed by atoms with Gasteiger partial charge in [-0.1, -0.05) is 32.6 Å². The van der Waals surface area contributed by atoms with Gasteiger partial charge in [0, 0.05) is 0 Å². The third-order valence-electron chi connectivity index (χ3n) is 1.72. The van der Waals surface area contributed by atoms with Gasteiger partial charge in [0.25, 0.3) is 0 Å². The van der Waals surface area contributed by atoms with Crippen molar-refractivity contribution in [1.29, 1.82) is 0 Å². The summed E-state index contributed by atoms with van der Waals surface area (Å²) in [7, 11) is 0. The number of halogens is 3. The fraction of sp³-hybridized carbons (Fsp3) is 0.900. The summed E-state index contributed by atoms with van der Waals surface area (Å²) in [5, 5.41) is 16.0. The van der Waals surface area contributed by atoms with Crippen LogP contribution in [0.15, 0.2) is 0 Å². The van der Waals surface area contributed by atoms with Gasteiger partial charge in [0.05, 0.1) is 6.10 Å². The Kier molecular flexibility index (Phi) is 10.4. The normalized spacial score (nSPS) is 12.6. The zero-order valence-corrected chi connectivity index (χ0v) is 9.55. The fourth-order valence-electron chi connectivity index (χ4n) is 0.867. The van der Waals surface area contributed by atoms with E-state index in [1.54, 1.807) is 0 Å². The van der Waals surface area contributed by atoms with Crippen molar-refractivity contribution in [3.8, 4) is 0 Å². The van der Waals surface area contributed by atoms with Crippen molar-refractivity contribution in [2.75, 3.05) is 0 Å². The van der Waals surface area contributed by atoms with Crippen molar-refractivity contribution >= 4 is 5.97 Å². The van der Waals surface area contributed by atoms with Crippen LogP contribution in [0, 0.1) is 0 Å². The van der Waals surface area contributed by atoms with Crippen molar-refractivity contribution in [2.45, 2.75) is 58.2 Å². The molecule has 0 aliphatic heterocycles. The van der Waals surface area contributed by atoms with E-state index in [0.29, 0.717) is 0 Å². The van der Waals surface area contributed by atoms with E-state index in [4.69, 9.17) is 15.0 Å². The van der Waals surface area contributed by atoms with Gasteiger partial charge in [-0.3, -0.25) is 0 Å². The van der Waals surface area contributed by atoms with Crippen LogP contribution >= 0.6 is 0 Å². The minimum absolute atomic E-state index is 0.0955. The zero-order chi connectivity index (χ0) is 13.2. The van der Waals surface area contributed by atoms with E-state index >= 15 is 0 Å². The lowest BCUT2D eigenvalue weighted by Gasteiger charge is -2.01. The van der Waals surface area contributed by atoms with Crippen molar-refractivity contribution in [3.63, 3.8) is 0 Å². The summed E-state index contributed by atoms with van der Waals surface area (Å²) in [6.07, 6.45) is 0.848. The van der Waals surface area contributed by atoms with Gasteiger partial charge in [0.1, 0.15) is 0 Å². The number of carbonyl (C=O) groups is 1. The topological polar surface area (TPSA) is 57.5 Å². The minimum atomic E-state index is -5.08. The third-order valence-corrected chi connectivity index (χ3v) is 1.72. The second-order valence-electron chi connectivity index (χ2n) is 3.50. The van der Waals surface area contributed by atoms with Crippen molar-refractivity contribution in [2.24, 2.45) is 0 Å². The van der Waals surface area contributed by atoms with Crippen LogP contribution in [0.1, 0.15) is 46.0 Å². The second-order valence-corrected chi connectivity index (χ2v) is 3.50. The second kappa shape index (κ2) is 9.45. The molecule has 3 nitrogen and oxygen atoms in total. The third kappa shape index (κ3) is 15.7. The van der Waals surface area contributed by atoms with Gasteiger partial charge < -0.3 is 10.2 Å². The van der Waals surface area contributed by atoms with E-state index < -0.39 is 12.1 Å². The van der Waals surface area contributed by atoms with Crippen LogP contribution in [0.3, 0.4) is 0 Å². The SMILES string of the molecule is CCCCCCC(C)O.O=C(O)C(F)(F)F. The number of aliphatic carboxylic acids is 1. The number of aliphatic hydroxyl groups is 1. The van der Waals surface area contributed by atoms with Gasteiger partial charge in [-0.15, -0.1) is 0 Å². The van der Waals surface area contributed by atoms with Crippen molar-refractivity contribution < 1.29 is 28.2 Å². The maximum absolute atomic E-state index is 10.6. The Bertz CT molecular complexity index is 179. The molecule has 0 aromatic rings. The molecule has 98 valence electrons. The smallest absolute Gasteiger partial charge is 0.475 e. The largest absolute Gasteiger partial charge is 0.490 e. The fourth-order valence-corrected chi connectivity index (χ4v) is 0.867. The molecule has 0 aromatic carbocycles. The predicted octanol–water partition coefficient (Wildman–Crippen LogP) is 2.97. The molecule has 16 heavy (non-hydrogen) atoms. The molecular weight excluding hydrogens is 225 g/mol. The number of alkyl halides is 3. The quantitative estimate of drug-likeness (QED) is 0.731. The van der Waals surface area contributed by atoms with Crippen LogP contribution in [0.25, 0.3) is 0 Å². The van der Waals surface area contributed by atoms with Gasteiger partial charge in [-0.25, -0.2) is 4.79 Å². The average Bonchev–Trinajstić information content (AvgIpc) is 2.11. The maximum Gasteiger partial charge on any atom is 0.490 e. The molecule has 0 saturated heterocycles. The Morgan fingerprint density at radius 3 is 1.94 bits per heavy atom. The summed E-state index contributed by atoms with van der Waals surface area (Å²) in [6.45, 7) is 4.05. The molecule has 0 heterocycles. The first-order chi connectivity index (χ1) is 7.21. The van der Waals surface area contributed by atoms with E-state index in [-0.39, 0.29) is 6.10 Å². The Balaban J connectivity index is 0. The number of carboxylic acid groups (broad SMARTS) is 1. The number of hydrogen-bond donors (Lipinski definition) is 2. The first-order valence-electron chi connectivity index (χ1n) is 5.20. The molecule has 0 fully saturated rings. The van der Waals surface area contributed by atoms with Crippen LogP contribution < -0.4 is 0 Å². The van der Waals surface area contributed by atoms with E-state index in [0.717, 1.165) is 6.42 Å². The highest BCUT2D eigenvalue weighted by Gasteiger charge is 2.38. The molecule has 1 atom stereocenters. The maximum atomic E-state index is 10.6. The molecule has 1 unspecified atom stereocenters. The summed E-state index contributed by atoms with van der Waals surface area (Å²) < 4.78 is 31.7. The number of unbranched alkanes of at least 4 members (excludes halogenated alkanes) is 3. The van der Waals surface area contributed by atoms with Crippen molar-refractivity contribution in [3.05, 3.63) is 0 Å². The Labute approximate surface area is 93.3 Å².